The lowest BCUT2D eigenvalue weighted by molar-refractivity contribution is -0.124. The highest BCUT2D eigenvalue weighted by molar-refractivity contribution is 8.00. The molecule has 1 aromatic carbocycles. The van der Waals surface area contributed by atoms with Crippen LogP contribution >= 0.6 is 23.4 Å². The highest BCUT2D eigenvalue weighted by Gasteiger charge is 2.25. The van der Waals surface area contributed by atoms with E-state index in [1.807, 2.05) is 6.92 Å². The molecule has 0 radical (unpaired) electrons. The fourth-order valence-electron chi connectivity index (χ4n) is 1.84. The lowest BCUT2D eigenvalue weighted by atomic mass is 10.2. The van der Waals surface area contributed by atoms with Crippen LogP contribution in [0.1, 0.15) is 5.56 Å². The van der Waals surface area contributed by atoms with E-state index < -0.39 is 6.04 Å². The molecular weight excluding hydrogens is 300 g/mol. The first-order chi connectivity index (χ1) is 9.51. The smallest absolute Gasteiger partial charge is 0.247 e. The number of thioether (sulfide) groups is 1. The van der Waals surface area contributed by atoms with Crippen LogP contribution < -0.4 is 15.4 Å². The Hall–Kier alpha value is -1.40. The van der Waals surface area contributed by atoms with Crippen molar-refractivity contribution < 1.29 is 14.3 Å². The van der Waals surface area contributed by atoms with Crippen LogP contribution in [-0.4, -0.2) is 36.5 Å². The van der Waals surface area contributed by atoms with Crippen molar-refractivity contribution in [3.8, 4) is 5.75 Å². The maximum absolute atomic E-state index is 12.1. The summed E-state index contributed by atoms with van der Waals surface area (Å²) in [6.45, 7) is 1.84. The number of carbonyl (C=O) groups is 2. The maximum Gasteiger partial charge on any atom is 0.247 e. The topological polar surface area (TPSA) is 67.4 Å². The van der Waals surface area contributed by atoms with Gasteiger partial charge in [0.25, 0.3) is 0 Å². The average molecular weight is 315 g/mol. The minimum atomic E-state index is -0.526. The number of hydrogen-bond donors (Lipinski definition) is 2. The quantitative estimate of drug-likeness (QED) is 0.893. The number of carbonyl (C=O) groups excluding carboxylic acids is 2. The van der Waals surface area contributed by atoms with Crippen LogP contribution in [0.25, 0.3) is 0 Å². The number of anilines is 1. The van der Waals surface area contributed by atoms with E-state index in [1.165, 1.54) is 18.9 Å². The summed E-state index contributed by atoms with van der Waals surface area (Å²) >= 11 is 7.46. The second-order valence-corrected chi connectivity index (χ2v) is 5.86. The molecule has 0 aromatic heterocycles. The maximum atomic E-state index is 12.1. The number of nitrogens with one attached hydrogen (secondary N) is 2. The molecule has 0 spiro atoms. The number of rotatable bonds is 3. The first kappa shape index (κ1) is 15.0. The summed E-state index contributed by atoms with van der Waals surface area (Å²) in [4.78, 5) is 23.4. The van der Waals surface area contributed by atoms with Gasteiger partial charge >= 0.3 is 0 Å². The molecule has 0 saturated carbocycles. The van der Waals surface area contributed by atoms with Gasteiger partial charge in [0.15, 0.2) is 0 Å². The number of halogens is 1. The van der Waals surface area contributed by atoms with Crippen molar-refractivity contribution in [1.82, 2.24) is 5.32 Å². The molecule has 20 heavy (non-hydrogen) atoms. The summed E-state index contributed by atoms with van der Waals surface area (Å²) in [5.41, 5.74) is 1.38. The highest BCUT2D eigenvalue weighted by Crippen LogP contribution is 2.31. The number of amides is 2. The van der Waals surface area contributed by atoms with Crippen molar-refractivity contribution in [2.45, 2.75) is 13.0 Å². The van der Waals surface area contributed by atoms with E-state index in [-0.39, 0.29) is 11.8 Å². The second kappa shape index (κ2) is 6.37. The lowest BCUT2D eigenvalue weighted by Gasteiger charge is -2.22. The van der Waals surface area contributed by atoms with Gasteiger partial charge in [0.2, 0.25) is 11.8 Å². The van der Waals surface area contributed by atoms with Crippen molar-refractivity contribution in [2.24, 2.45) is 0 Å². The molecule has 0 bridgehead atoms. The fraction of sp³-hybridized carbons (Fsp3) is 0.385. The first-order valence-corrected chi connectivity index (χ1v) is 7.56. The molecule has 1 aliphatic heterocycles. The van der Waals surface area contributed by atoms with Crippen LogP contribution in [0, 0.1) is 6.92 Å². The molecule has 5 nitrogen and oxygen atoms in total. The summed E-state index contributed by atoms with van der Waals surface area (Å²) in [6.07, 6.45) is 0. The summed E-state index contributed by atoms with van der Waals surface area (Å²) < 4.78 is 5.20. The van der Waals surface area contributed by atoms with Crippen molar-refractivity contribution in [1.29, 1.82) is 0 Å². The molecule has 0 aliphatic carbocycles. The predicted molar refractivity (Wildman–Crippen MR) is 80.6 cm³/mol. The van der Waals surface area contributed by atoms with Gasteiger partial charge in [-0.15, -0.1) is 11.8 Å². The molecular formula is C13H15ClN2O3S. The van der Waals surface area contributed by atoms with E-state index in [4.69, 9.17) is 16.3 Å². The van der Waals surface area contributed by atoms with Crippen LogP contribution in [-0.2, 0) is 9.59 Å². The van der Waals surface area contributed by atoms with Crippen LogP contribution in [0.3, 0.4) is 0 Å². The largest absolute Gasteiger partial charge is 0.495 e. The van der Waals surface area contributed by atoms with E-state index in [1.54, 1.807) is 12.1 Å². The summed E-state index contributed by atoms with van der Waals surface area (Å²) in [5, 5.41) is 6.00. The molecule has 2 N–H and O–H groups in total. The Bertz CT molecular complexity index is 551. The minimum Gasteiger partial charge on any atom is -0.495 e. The van der Waals surface area contributed by atoms with Gasteiger partial charge in [0.1, 0.15) is 11.8 Å². The van der Waals surface area contributed by atoms with E-state index in [0.29, 0.717) is 28.0 Å². The van der Waals surface area contributed by atoms with Gasteiger partial charge in [0, 0.05) is 16.8 Å². The number of hydrogen-bond acceptors (Lipinski definition) is 4. The van der Waals surface area contributed by atoms with Gasteiger partial charge in [-0.1, -0.05) is 11.6 Å². The zero-order valence-corrected chi connectivity index (χ0v) is 12.7. The second-order valence-electron chi connectivity index (χ2n) is 4.43. The van der Waals surface area contributed by atoms with Gasteiger partial charge in [-0.3, -0.25) is 9.59 Å². The van der Waals surface area contributed by atoms with Crippen LogP contribution in [0.15, 0.2) is 12.1 Å². The molecule has 1 heterocycles. The van der Waals surface area contributed by atoms with E-state index in [0.717, 1.165) is 5.56 Å². The third-order valence-electron chi connectivity index (χ3n) is 2.91. The monoisotopic (exact) mass is 314 g/mol. The fourth-order valence-corrected chi connectivity index (χ4v) is 2.85. The Morgan fingerprint density at radius 3 is 2.95 bits per heavy atom. The van der Waals surface area contributed by atoms with Crippen molar-refractivity contribution in [3.63, 3.8) is 0 Å². The highest BCUT2D eigenvalue weighted by atomic mass is 35.5. The Balaban J connectivity index is 2.14. The Morgan fingerprint density at radius 1 is 1.55 bits per heavy atom. The molecule has 2 amide bonds. The van der Waals surface area contributed by atoms with Crippen molar-refractivity contribution >= 4 is 40.9 Å². The molecule has 2 rings (SSSR count). The Kier molecular flexibility index (Phi) is 4.77. The molecule has 1 fully saturated rings. The molecule has 7 heteroatoms. The van der Waals surface area contributed by atoms with E-state index >= 15 is 0 Å². The molecule has 1 aliphatic rings. The Morgan fingerprint density at radius 2 is 2.30 bits per heavy atom. The molecule has 1 atom stereocenters. The first-order valence-electron chi connectivity index (χ1n) is 6.03. The van der Waals surface area contributed by atoms with Gasteiger partial charge in [-0.25, -0.2) is 0 Å². The van der Waals surface area contributed by atoms with Crippen LogP contribution in [0.5, 0.6) is 5.75 Å². The normalized spacial score (nSPS) is 18.4. The minimum absolute atomic E-state index is 0.124. The molecule has 1 aromatic rings. The van der Waals surface area contributed by atoms with Gasteiger partial charge < -0.3 is 15.4 Å². The SMILES string of the molecule is COc1cc(Cl)c(C)cc1NC(=O)C1CSCC(=O)N1. The molecule has 108 valence electrons. The third-order valence-corrected chi connectivity index (χ3v) is 4.35. The number of ether oxygens (including phenoxy) is 1. The molecule has 1 saturated heterocycles. The summed E-state index contributed by atoms with van der Waals surface area (Å²) in [5.74, 6) is 1.06. The zero-order chi connectivity index (χ0) is 14.7. The number of aryl methyl sites for hydroxylation is 1. The average Bonchev–Trinajstić information content (AvgIpc) is 2.42. The van der Waals surface area contributed by atoms with Gasteiger partial charge in [-0.05, 0) is 18.6 Å². The lowest BCUT2D eigenvalue weighted by Crippen LogP contribution is -2.49. The number of benzene rings is 1. The van der Waals surface area contributed by atoms with Crippen LogP contribution in [0.2, 0.25) is 5.02 Å². The third kappa shape index (κ3) is 3.37. The molecule has 1 unspecified atom stereocenters. The van der Waals surface area contributed by atoms with Crippen molar-refractivity contribution in [3.05, 3.63) is 22.7 Å². The van der Waals surface area contributed by atoms with Gasteiger partial charge in [-0.2, -0.15) is 0 Å². The summed E-state index contributed by atoms with van der Waals surface area (Å²) in [7, 11) is 1.51. The number of methoxy groups -OCH3 is 1. The summed E-state index contributed by atoms with van der Waals surface area (Å²) in [6, 6.07) is 2.87. The zero-order valence-electron chi connectivity index (χ0n) is 11.2. The van der Waals surface area contributed by atoms with E-state index in [9.17, 15) is 9.59 Å². The Labute approximate surface area is 126 Å². The van der Waals surface area contributed by atoms with Gasteiger partial charge in [0.05, 0.1) is 18.6 Å². The van der Waals surface area contributed by atoms with Crippen molar-refractivity contribution in [2.75, 3.05) is 23.9 Å². The standard InChI is InChI=1S/C13H15ClN2O3S/c1-7-3-9(11(19-2)4-8(7)14)16-13(18)10-5-20-6-12(17)15-10/h3-4,10H,5-6H2,1-2H3,(H,15,17)(H,16,18). The predicted octanol–water partition coefficient (Wildman–Crippen LogP) is 1.83. The van der Waals surface area contributed by atoms with Crippen LogP contribution in [0.4, 0.5) is 5.69 Å². The van der Waals surface area contributed by atoms with E-state index in [2.05, 4.69) is 10.6 Å².